The number of phenols is 1. The summed E-state index contributed by atoms with van der Waals surface area (Å²) in [7, 11) is 1.18. The fourth-order valence-corrected chi connectivity index (χ4v) is 8.06. The van der Waals surface area contributed by atoms with E-state index in [0.29, 0.717) is 50.0 Å². The number of hydrogen-bond donors (Lipinski definition) is 4. The fourth-order valence-electron chi connectivity index (χ4n) is 7.48. The number of fused-ring (bicyclic) bond motifs is 1. The van der Waals surface area contributed by atoms with Crippen LogP contribution < -0.4 is 14.2 Å². The van der Waals surface area contributed by atoms with Gasteiger partial charge in [-0.05, 0) is 152 Å². The summed E-state index contributed by atoms with van der Waals surface area (Å²) in [5, 5.41) is 40.6. The third kappa shape index (κ3) is 7.02. The number of benzene rings is 4. The molecule has 0 saturated heterocycles. The lowest BCUT2D eigenvalue weighted by Crippen LogP contribution is -2.47. The lowest BCUT2D eigenvalue weighted by molar-refractivity contribution is -0.151. The molecule has 0 spiro atoms. The molecule has 1 atom stereocenters. The molecule has 4 aromatic carbocycles. The molecule has 4 N–H and O–H groups in total. The molecule has 0 unspecified atom stereocenters. The van der Waals surface area contributed by atoms with Gasteiger partial charge in [0, 0.05) is 17.0 Å². The normalized spacial score (nSPS) is 15.0. The summed E-state index contributed by atoms with van der Waals surface area (Å²) in [6.07, 6.45) is 3.69. The van der Waals surface area contributed by atoms with E-state index in [1.54, 1.807) is 53.8 Å². The number of nitrogens with zero attached hydrogens (tertiary/aromatic N) is 1. The maximum absolute atomic E-state index is 14.2. The summed E-state index contributed by atoms with van der Waals surface area (Å²) >= 11 is 3.22. The molecule has 14 nitrogen and oxygen atoms in total. The SMILES string of the molecule is COC1=CC(=O)C=C(C)[C@]1(O)C(=O)Oc1c(C)c(C)c(C(=O)Oc2cc(C)c(C(=O)Oc3c(C)c(C)c(C(=O)O)c(C)c3-c3ccc4cn[nH]c4c3)c(C)c2C)c(O)c1Br. The zero-order chi connectivity index (χ0) is 44.3. The maximum Gasteiger partial charge on any atom is 0.356 e. The summed E-state index contributed by atoms with van der Waals surface area (Å²) in [6.45, 7) is 14.4. The number of carbonyl (C=O) groups is 5. The predicted octanol–water partition coefficient (Wildman–Crippen LogP) is 8.00. The number of aryl methyl sites for hydroxylation is 1. The van der Waals surface area contributed by atoms with Gasteiger partial charge in [0.2, 0.25) is 5.60 Å². The van der Waals surface area contributed by atoms with E-state index in [-0.39, 0.29) is 60.9 Å². The third-order valence-electron chi connectivity index (χ3n) is 11.2. The number of rotatable bonds is 9. The molecule has 60 heavy (non-hydrogen) atoms. The topological polar surface area (TPSA) is 212 Å². The Balaban J connectivity index is 1.32. The second-order valence-electron chi connectivity index (χ2n) is 14.7. The van der Waals surface area contributed by atoms with E-state index in [9.17, 15) is 39.3 Å². The second kappa shape index (κ2) is 15.9. The molecular formula is C45H41BrN2O12. The van der Waals surface area contributed by atoms with Gasteiger partial charge in [-0.2, -0.15) is 5.10 Å². The third-order valence-corrected chi connectivity index (χ3v) is 12.0. The van der Waals surface area contributed by atoms with Gasteiger partial charge < -0.3 is 34.3 Å². The number of nitrogens with one attached hydrogen (secondary N) is 1. The smallest absolute Gasteiger partial charge is 0.356 e. The van der Waals surface area contributed by atoms with Crippen LogP contribution in [-0.2, 0) is 14.3 Å². The van der Waals surface area contributed by atoms with Gasteiger partial charge in [-0.15, -0.1) is 0 Å². The van der Waals surface area contributed by atoms with E-state index in [0.717, 1.165) is 17.5 Å². The quantitative estimate of drug-likeness (QED) is 0.0818. The van der Waals surface area contributed by atoms with Gasteiger partial charge in [-0.25, -0.2) is 19.2 Å². The van der Waals surface area contributed by atoms with E-state index in [4.69, 9.17) is 18.9 Å². The second-order valence-corrected chi connectivity index (χ2v) is 15.5. The highest BCUT2D eigenvalue weighted by Crippen LogP contribution is 2.45. The first kappa shape index (κ1) is 43.0. The van der Waals surface area contributed by atoms with Crippen LogP contribution in [0.3, 0.4) is 0 Å². The van der Waals surface area contributed by atoms with Crippen LogP contribution in [0.1, 0.15) is 82.5 Å². The zero-order valence-electron chi connectivity index (χ0n) is 34.4. The predicted molar refractivity (Wildman–Crippen MR) is 223 cm³/mol. The Hall–Kier alpha value is -6.58. The number of carboxylic acids is 1. The average molecular weight is 882 g/mol. The number of carbonyl (C=O) groups excluding carboxylic acids is 4. The van der Waals surface area contributed by atoms with Crippen molar-refractivity contribution >= 4 is 56.5 Å². The molecular weight excluding hydrogens is 840 g/mol. The first-order chi connectivity index (χ1) is 28.1. The summed E-state index contributed by atoms with van der Waals surface area (Å²) in [5.74, 6) is -5.40. The van der Waals surface area contributed by atoms with Gasteiger partial charge in [0.25, 0.3) is 0 Å². The molecule has 310 valence electrons. The van der Waals surface area contributed by atoms with Gasteiger partial charge in [-0.3, -0.25) is 9.89 Å². The molecule has 0 fully saturated rings. The van der Waals surface area contributed by atoms with Gasteiger partial charge in [0.15, 0.2) is 11.5 Å². The molecule has 0 radical (unpaired) electrons. The van der Waals surface area contributed by atoms with Crippen molar-refractivity contribution in [1.29, 1.82) is 0 Å². The average Bonchev–Trinajstić information content (AvgIpc) is 3.66. The maximum atomic E-state index is 14.2. The molecule has 1 aliphatic rings. The minimum Gasteiger partial charge on any atom is -0.506 e. The monoisotopic (exact) mass is 880 g/mol. The Morgan fingerprint density at radius 1 is 0.750 bits per heavy atom. The molecule has 0 aliphatic heterocycles. The number of phenolic OH excluding ortho intramolecular Hbond substituents is 1. The summed E-state index contributed by atoms with van der Waals surface area (Å²) in [5.41, 5.74) is 2.30. The highest BCUT2D eigenvalue weighted by atomic mass is 79.9. The van der Waals surface area contributed by atoms with Crippen molar-refractivity contribution in [1.82, 2.24) is 10.2 Å². The molecule has 1 heterocycles. The number of aromatic carboxylic acids is 1. The minimum atomic E-state index is -2.44. The lowest BCUT2D eigenvalue weighted by atomic mass is 9.87. The number of H-pyrrole nitrogens is 1. The molecule has 1 aromatic heterocycles. The highest BCUT2D eigenvalue weighted by molar-refractivity contribution is 9.10. The van der Waals surface area contributed by atoms with Gasteiger partial charge >= 0.3 is 23.9 Å². The molecule has 15 heteroatoms. The molecule has 0 bridgehead atoms. The van der Waals surface area contributed by atoms with Crippen LogP contribution in [0.4, 0.5) is 0 Å². The number of aliphatic hydroxyl groups is 1. The number of hydrogen-bond acceptors (Lipinski definition) is 12. The van der Waals surface area contributed by atoms with Crippen LogP contribution in [0.15, 0.2) is 58.4 Å². The number of aromatic hydroxyl groups is 1. The van der Waals surface area contributed by atoms with Crippen LogP contribution in [-0.4, -0.2) is 67.9 Å². The van der Waals surface area contributed by atoms with Crippen molar-refractivity contribution in [3.63, 3.8) is 0 Å². The number of ether oxygens (including phenoxy) is 4. The summed E-state index contributed by atoms with van der Waals surface area (Å²) in [4.78, 5) is 66.0. The Morgan fingerprint density at radius 2 is 1.37 bits per heavy atom. The zero-order valence-corrected chi connectivity index (χ0v) is 36.0. The number of halogens is 1. The van der Waals surface area contributed by atoms with Crippen LogP contribution in [0, 0.1) is 55.4 Å². The number of ketones is 1. The first-order valence-electron chi connectivity index (χ1n) is 18.5. The van der Waals surface area contributed by atoms with Crippen molar-refractivity contribution in [2.75, 3.05) is 7.11 Å². The summed E-state index contributed by atoms with van der Waals surface area (Å²) < 4.78 is 22.6. The van der Waals surface area contributed by atoms with Crippen LogP contribution in [0.5, 0.6) is 23.0 Å². The van der Waals surface area contributed by atoms with Crippen molar-refractivity contribution in [3.8, 4) is 34.1 Å². The van der Waals surface area contributed by atoms with Crippen molar-refractivity contribution < 1.29 is 58.2 Å². The standard InChI is InChI=1S/C45H41BrN2O12/c1-18-13-31(58-43(54)36-23(6)25(8)40(37(46)38(36)50)60-44(55)45(56)19(2)14-29(49)16-32(45)57-10)20(3)21(4)33(18)42(53)59-39-24(7)22(5)34(41(51)52)26(9)35(39)27-11-12-28-17-47-48-30(28)15-27/h11-17,50,56H,1-10H3,(H,47,48)(H,51,52)/t45-/m1/s1. The Morgan fingerprint density at radius 3 is 2.02 bits per heavy atom. The minimum absolute atomic E-state index is 0.0464. The Bertz CT molecular complexity index is 2780. The Kier molecular flexibility index (Phi) is 11.4. The van der Waals surface area contributed by atoms with E-state index in [2.05, 4.69) is 26.1 Å². The van der Waals surface area contributed by atoms with Crippen LogP contribution in [0.25, 0.3) is 22.0 Å². The number of aromatic nitrogens is 2. The highest BCUT2D eigenvalue weighted by Gasteiger charge is 2.48. The van der Waals surface area contributed by atoms with Crippen molar-refractivity contribution in [3.05, 3.63) is 120 Å². The number of aromatic amines is 1. The molecule has 0 saturated carbocycles. The van der Waals surface area contributed by atoms with E-state index < -0.39 is 41.0 Å². The van der Waals surface area contributed by atoms with Gasteiger partial charge in [0.05, 0.1) is 30.0 Å². The molecule has 1 aliphatic carbocycles. The Labute approximate surface area is 352 Å². The van der Waals surface area contributed by atoms with E-state index in [1.165, 1.54) is 33.9 Å². The number of esters is 3. The largest absolute Gasteiger partial charge is 0.506 e. The van der Waals surface area contributed by atoms with Gasteiger partial charge in [0.1, 0.15) is 33.0 Å². The molecule has 5 aromatic rings. The lowest BCUT2D eigenvalue weighted by Gasteiger charge is -2.30. The van der Waals surface area contributed by atoms with E-state index in [1.807, 2.05) is 12.1 Å². The fraction of sp³-hybridized carbons (Fsp3) is 0.244. The number of carboxylic acid groups (broad SMARTS) is 1. The molecule has 6 rings (SSSR count). The van der Waals surface area contributed by atoms with Crippen LogP contribution in [0.2, 0.25) is 0 Å². The van der Waals surface area contributed by atoms with Crippen LogP contribution >= 0.6 is 15.9 Å². The number of methoxy groups -OCH3 is 1. The van der Waals surface area contributed by atoms with Crippen molar-refractivity contribution in [2.24, 2.45) is 0 Å². The first-order valence-corrected chi connectivity index (χ1v) is 19.3. The summed E-state index contributed by atoms with van der Waals surface area (Å²) in [6, 6.07) is 6.95. The molecule has 0 amide bonds. The van der Waals surface area contributed by atoms with Gasteiger partial charge in [-0.1, -0.05) is 12.1 Å². The number of allylic oxidation sites excluding steroid dienone is 2. The van der Waals surface area contributed by atoms with Crippen molar-refractivity contribution in [2.45, 2.75) is 67.9 Å². The van der Waals surface area contributed by atoms with E-state index >= 15 is 0 Å².